The SMILES string of the molecule is C=CCN(C(=O)C1CCNCC1)S(=O)(=O)Cc1ccccc1.O=C(O)C(F)(F)F. The van der Waals surface area contributed by atoms with E-state index in [0.717, 1.165) is 17.4 Å². The summed E-state index contributed by atoms with van der Waals surface area (Å²) in [5, 5.41) is 10.3. The molecule has 29 heavy (non-hydrogen) atoms. The van der Waals surface area contributed by atoms with Gasteiger partial charge in [0.1, 0.15) is 0 Å². The zero-order chi connectivity index (χ0) is 22.1. The van der Waals surface area contributed by atoms with Crippen molar-refractivity contribution in [3.05, 3.63) is 48.6 Å². The van der Waals surface area contributed by atoms with Crippen molar-refractivity contribution < 1.29 is 36.3 Å². The van der Waals surface area contributed by atoms with E-state index >= 15 is 0 Å². The highest BCUT2D eigenvalue weighted by Gasteiger charge is 2.38. The third-order valence-corrected chi connectivity index (χ3v) is 5.70. The van der Waals surface area contributed by atoms with Gasteiger partial charge in [-0.3, -0.25) is 4.79 Å². The largest absolute Gasteiger partial charge is 0.490 e. The van der Waals surface area contributed by atoms with Gasteiger partial charge in [-0.1, -0.05) is 36.4 Å². The maximum Gasteiger partial charge on any atom is 0.490 e. The standard InChI is InChI=1S/C16H22N2O3S.C2HF3O2/c1-2-12-18(16(19)15-8-10-17-11-9-15)22(20,21)13-14-6-4-3-5-7-14;3-2(4,5)1(6)7/h2-7,15,17H,1,8-13H2;(H,6,7). The van der Waals surface area contributed by atoms with Crippen LogP contribution in [0.5, 0.6) is 0 Å². The van der Waals surface area contributed by atoms with E-state index < -0.39 is 22.2 Å². The number of rotatable bonds is 6. The molecule has 0 unspecified atom stereocenters. The Bertz CT molecular complexity index is 791. The summed E-state index contributed by atoms with van der Waals surface area (Å²) in [5.74, 6) is -3.46. The fourth-order valence-electron chi connectivity index (χ4n) is 2.59. The van der Waals surface area contributed by atoms with Crippen LogP contribution in [0.15, 0.2) is 43.0 Å². The van der Waals surface area contributed by atoms with Crippen molar-refractivity contribution in [1.82, 2.24) is 9.62 Å². The summed E-state index contributed by atoms with van der Waals surface area (Å²) < 4.78 is 58.0. The van der Waals surface area contributed by atoms with Crippen molar-refractivity contribution >= 4 is 21.9 Å². The Labute approximate surface area is 167 Å². The third kappa shape index (κ3) is 8.24. The van der Waals surface area contributed by atoms with Gasteiger partial charge < -0.3 is 10.4 Å². The van der Waals surface area contributed by atoms with Gasteiger partial charge in [0.15, 0.2) is 0 Å². The summed E-state index contributed by atoms with van der Waals surface area (Å²) in [4.78, 5) is 21.5. The van der Waals surface area contributed by atoms with Crippen LogP contribution in [-0.4, -0.2) is 55.5 Å². The number of piperidine rings is 1. The van der Waals surface area contributed by atoms with Crippen molar-refractivity contribution in [3.8, 4) is 0 Å². The number of amides is 1. The number of hydrogen-bond donors (Lipinski definition) is 2. The Hall–Kier alpha value is -2.40. The average Bonchev–Trinajstić information content (AvgIpc) is 2.66. The lowest BCUT2D eigenvalue weighted by Crippen LogP contribution is -2.44. The first-order chi connectivity index (χ1) is 13.5. The second kappa shape index (κ2) is 11.0. The number of alkyl halides is 3. The molecule has 0 aromatic heterocycles. The van der Waals surface area contributed by atoms with Gasteiger partial charge in [0, 0.05) is 5.92 Å². The van der Waals surface area contributed by atoms with Crippen LogP contribution in [0.25, 0.3) is 0 Å². The highest BCUT2D eigenvalue weighted by Crippen LogP contribution is 2.19. The van der Waals surface area contributed by atoms with Crippen LogP contribution in [0.1, 0.15) is 18.4 Å². The molecular weight excluding hydrogens is 413 g/mol. The maximum atomic E-state index is 12.6. The minimum absolute atomic E-state index is 0.0257. The molecule has 1 amide bonds. The van der Waals surface area contributed by atoms with Crippen LogP contribution in [0.4, 0.5) is 13.2 Å². The molecule has 11 heteroatoms. The fourth-order valence-corrected chi connectivity index (χ4v) is 4.12. The molecule has 1 aliphatic rings. The molecule has 1 aromatic carbocycles. The summed E-state index contributed by atoms with van der Waals surface area (Å²) in [6, 6.07) is 8.91. The van der Waals surface area contributed by atoms with E-state index in [9.17, 15) is 26.4 Å². The number of halogens is 3. The van der Waals surface area contributed by atoms with Gasteiger partial charge in [0.05, 0.1) is 12.3 Å². The van der Waals surface area contributed by atoms with E-state index in [1.54, 1.807) is 24.3 Å². The Morgan fingerprint density at radius 3 is 2.17 bits per heavy atom. The predicted molar refractivity (Wildman–Crippen MR) is 100 cm³/mol. The number of benzene rings is 1. The molecule has 162 valence electrons. The van der Waals surface area contributed by atoms with Gasteiger partial charge in [0.25, 0.3) is 0 Å². The van der Waals surface area contributed by atoms with Crippen LogP contribution >= 0.6 is 0 Å². The molecule has 1 aliphatic heterocycles. The summed E-state index contributed by atoms with van der Waals surface area (Å²) in [5.41, 5.74) is 0.676. The molecule has 0 bridgehead atoms. The molecule has 0 spiro atoms. The average molecular weight is 436 g/mol. The quantitative estimate of drug-likeness (QED) is 0.663. The monoisotopic (exact) mass is 436 g/mol. The summed E-state index contributed by atoms with van der Waals surface area (Å²) in [6.07, 6.45) is -2.28. The fraction of sp³-hybridized carbons (Fsp3) is 0.444. The Balaban J connectivity index is 0.000000516. The number of carboxylic acids is 1. The molecule has 1 aromatic rings. The molecule has 2 rings (SSSR count). The van der Waals surface area contributed by atoms with Crippen molar-refractivity contribution in [2.24, 2.45) is 5.92 Å². The van der Waals surface area contributed by atoms with E-state index in [1.165, 1.54) is 6.08 Å². The number of nitrogens with one attached hydrogen (secondary N) is 1. The third-order valence-electron chi connectivity index (χ3n) is 4.00. The van der Waals surface area contributed by atoms with Gasteiger partial charge in [-0.2, -0.15) is 13.2 Å². The van der Waals surface area contributed by atoms with E-state index in [2.05, 4.69) is 11.9 Å². The molecule has 1 heterocycles. The first kappa shape index (κ1) is 24.6. The van der Waals surface area contributed by atoms with E-state index in [-0.39, 0.29) is 24.1 Å². The molecular formula is C18H23F3N2O5S. The van der Waals surface area contributed by atoms with Crippen LogP contribution in [0, 0.1) is 5.92 Å². The molecule has 7 nitrogen and oxygen atoms in total. The van der Waals surface area contributed by atoms with Crippen LogP contribution in [0.2, 0.25) is 0 Å². The lowest BCUT2D eigenvalue weighted by Gasteiger charge is -2.28. The van der Waals surface area contributed by atoms with Gasteiger partial charge >= 0.3 is 12.1 Å². The van der Waals surface area contributed by atoms with Crippen molar-refractivity contribution in [2.75, 3.05) is 19.6 Å². The van der Waals surface area contributed by atoms with Crippen LogP contribution in [0.3, 0.4) is 0 Å². The predicted octanol–water partition coefficient (Wildman–Crippen LogP) is 2.16. The Morgan fingerprint density at radius 2 is 1.72 bits per heavy atom. The lowest BCUT2D eigenvalue weighted by atomic mass is 9.97. The van der Waals surface area contributed by atoms with Gasteiger partial charge in [-0.25, -0.2) is 17.5 Å². The van der Waals surface area contributed by atoms with Crippen molar-refractivity contribution in [1.29, 1.82) is 0 Å². The molecule has 2 N–H and O–H groups in total. The number of sulfonamides is 1. The molecule has 0 atom stereocenters. The zero-order valence-corrected chi connectivity index (χ0v) is 16.4. The Kier molecular flexibility index (Phi) is 9.31. The van der Waals surface area contributed by atoms with Gasteiger partial charge in [-0.15, -0.1) is 6.58 Å². The van der Waals surface area contributed by atoms with Crippen molar-refractivity contribution in [3.63, 3.8) is 0 Å². The normalized spacial score (nSPS) is 15.0. The molecule has 0 saturated carbocycles. The van der Waals surface area contributed by atoms with Crippen LogP contribution in [-0.2, 0) is 25.4 Å². The lowest BCUT2D eigenvalue weighted by molar-refractivity contribution is -0.192. The second-order valence-corrected chi connectivity index (χ2v) is 8.12. The summed E-state index contributed by atoms with van der Waals surface area (Å²) in [6.45, 7) is 5.10. The molecule has 0 radical (unpaired) electrons. The van der Waals surface area contributed by atoms with Gasteiger partial charge in [-0.05, 0) is 31.5 Å². The Morgan fingerprint density at radius 1 is 1.21 bits per heavy atom. The number of carbonyl (C=O) groups excluding carboxylic acids is 1. The first-order valence-electron chi connectivity index (χ1n) is 8.69. The van der Waals surface area contributed by atoms with Gasteiger partial charge in [0.2, 0.25) is 15.9 Å². The number of carboxylic acid groups (broad SMARTS) is 1. The molecule has 1 saturated heterocycles. The van der Waals surface area contributed by atoms with E-state index in [1.807, 2.05) is 6.07 Å². The van der Waals surface area contributed by atoms with E-state index in [0.29, 0.717) is 18.4 Å². The summed E-state index contributed by atoms with van der Waals surface area (Å²) in [7, 11) is -3.69. The maximum absolute atomic E-state index is 12.6. The highest BCUT2D eigenvalue weighted by molar-refractivity contribution is 7.88. The van der Waals surface area contributed by atoms with Crippen LogP contribution < -0.4 is 5.32 Å². The number of nitrogens with zero attached hydrogens (tertiary/aromatic N) is 1. The summed E-state index contributed by atoms with van der Waals surface area (Å²) >= 11 is 0. The highest BCUT2D eigenvalue weighted by atomic mass is 32.2. The number of hydrogen-bond acceptors (Lipinski definition) is 5. The topological polar surface area (TPSA) is 104 Å². The second-order valence-electron chi connectivity index (χ2n) is 6.23. The molecule has 0 aliphatic carbocycles. The molecule has 1 fully saturated rings. The van der Waals surface area contributed by atoms with Crippen molar-refractivity contribution in [2.45, 2.75) is 24.8 Å². The smallest absolute Gasteiger partial charge is 0.475 e. The first-order valence-corrected chi connectivity index (χ1v) is 10.3. The number of carbonyl (C=O) groups is 2. The number of aliphatic carboxylic acids is 1. The van der Waals surface area contributed by atoms with E-state index in [4.69, 9.17) is 9.90 Å². The minimum atomic E-state index is -5.08. The zero-order valence-electron chi connectivity index (χ0n) is 15.6. The minimum Gasteiger partial charge on any atom is -0.475 e.